The molecule has 0 radical (unpaired) electrons. The van der Waals surface area contributed by atoms with E-state index in [-0.39, 0.29) is 10.6 Å². The monoisotopic (exact) mass is 388 g/mol. The zero-order valence-electron chi connectivity index (χ0n) is 14.8. The SMILES string of the molecule is CCOc1ccc(OCC)c(N2C=C(C#N)S(=O)(=O)c3cc(F)ccc32)c1. The first-order chi connectivity index (χ1) is 12.9. The molecule has 3 rings (SSSR count). The van der Waals surface area contributed by atoms with Gasteiger partial charge in [-0.15, -0.1) is 0 Å². The van der Waals surface area contributed by atoms with E-state index in [4.69, 9.17) is 9.47 Å². The summed E-state index contributed by atoms with van der Waals surface area (Å²) in [4.78, 5) is 0.748. The molecule has 1 aliphatic heterocycles. The lowest BCUT2D eigenvalue weighted by molar-refractivity contribution is 0.331. The van der Waals surface area contributed by atoms with E-state index in [0.717, 1.165) is 6.07 Å². The van der Waals surface area contributed by atoms with Gasteiger partial charge in [-0.25, -0.2) is 12.8 Å². The lowest BCUT2D eigenvalue weighted by Crippen LogP contribution is -2.22. The third-order valence-electron chi connectivity index (χ3n) is 3.92. The molecule has 0 unspecified atom stereocenters. The van der Waals surface area contributed by atoms with Crippen molar-refractivity contribution in [2.24, 2.45) is 0 Å². The number of allylic oxidation sites excluding steroid dienone is 1. The first-order valence-electron chi connectivity index (χ1n) is 8.27. The molecule has 0 saturated carbocycles. The van der Waals surface area contributed by atoms with E-state index in [9.17, 15) is 18.1 Å². The molecule has 0 bridgehead atoms. The number of halogens is 1. The van der Waals surface area contributed by atoms with Crippen molar-refractivity contribution in [3.8, 4) is 17.6 Å². The van der Waals surface area contributed by atoms with Crippen LogP contribution in [0.25, 0.3) is 0 Å². The second-order valence-electron chi connectivity index (χ2n) is 5.59. The van der Waals surface area contributed by atoms with Crippen molar-refractivity contribution in [1.82, 2.24) is 0 Å². The predicted octanol–water partition coefficient (Wildman–Crippen LogP) is 3.91. The Morgan fingerprint density at radius 3 is 2.48 bits per heavy atom. The van der Waals surface area contributed by atoms with Crippen LogP contribution in [0, 0.1) is 17.1 Å². The summed E-state index contributed by atoms with van der Waals surface area (Å²) in [6, 6.07) is 10.2. The van der Waals surface area contributed by atoms with Crippen LogP contribution < -0.4 is 14.4 Å². The summed E-state index contributed by atoms with van der Waals surface area (Å²) in [5.74, 6) is 0.327. The van der Waals surface area contributed by atoms with E-state index in [1.807, 2.05) is 13.8 Å². The van der Waals surface area contributed by atoms with Gasteiger partial charge in [0, 0.05) is 12.3 Å². The van der Waals surface area contributed by atoms with Crippen LogP contribution >= 0.6 is 0 Å². The lowest BCUT2D eigenvalue weighted by Gasteiger charge is -2.29. The van der Waals surface area contributed by atoms with Crippen LogP contribution in [-0.4, -0.2) is 21.6 Å². The molecule has 1 aliphatic rings. The summed E-state index contributed by atoms with van der Waals surface area (Å²) in [6.45, 7) is 4.50. The molecule has 0 aromatic heterocycles. The number of hydrogen-bond acceptors (Lipinski definition) is 6. The molecule has 0 saturated heterocycles. The highest BCUT2D eigenvalue weighted by atomic mass is 32.2. The van der Waals surface area contributed by atoms with E-state index >= 15 is 0 Å². The maximum absolute atomic E-state index is 13.7. The average Bonchev–Trinajstić information content (AvgIpc) is 2.64. The van der Waals surface area contributed by atoms with Gasteiger partial charge < -0.3 is 14.4 Å². The number of ether oxygens (including phenoxy) is 2. The molecule has 0 aliphatic carbocycles. The maximum Gasteiger partial charge on any atom is 0.220 e. The van der Waals surface area contributed by atoms with Crippen molar-refractivity contribution in [3.05, 3.63) is 53.3 Å². The highest BCUT2D eigenvalue weighted by Crippen LogP contribution is 2.44. The van der Waals surface area contributed by atoms with Crippen LogP contribution in [0.5, 0.6) is 11.5 Å². The second-order valence-corrected chi connectivity index (χ2v) is 7.47. The summed E-state index contributed by atoms with van der Waals surface area (Å²) >= 11 is 0. The zero-order valence-corrected chi connectivity index (χ0v) is 15.6. The third kappa shape index (κ3) is 3.34. The Bertz CT molecular complexity index is 1060. The van der Waals surface area contributed by atoms with Crippen LogP contribution in [0.15, 0.2) is 52.4 Å². The quantitative estimate of drug-likeness (QED) is 0.773. The molecule has 2 aromatic carbocycles. The Morgan fingerprint density at radius 2 is 1.81 bits per heavy atom. The fourth-order valence-electron chi connectivity index (χ4n) is 2.78. The predicted molar refractivity (Wildman–Crippen MR) is 98.2 cm³/mol. The van der Waals surface area contributed by atoms with Gasteiger partial charge in [-0.3, -0.25) is 0 Å². The van der Waals surface area contributed by atoms with Gasteiger partial charge in [0.05, 0.1) is 29.5 Å². The van der Waals surface area contributed by atoms with Crippen molar-refractivity contribution in [3.63, 3.8) is 0 Å². The third-order valence-corrected chi connectivity index (χ3v) is 5.60. The Hall–Kier alpha value is -3.05. The van der Waals surface area contributed by atoms with Gasteiger partial charge in [0.2, 0.25) is 9.84 Å². The topological polar surface area (TPSA) is 79.6 Å². The van der Waals surface area contributed by atoms with E-state index in [1.165, 1.54) is 23.2 Å². The zero-order chi connectivity index (χ0) is 19.6. The van der Waals surface area contributed by atoms with Gasteiger partial charge in [0.15, 0.2) is 4.91 Å². The first kappa shape index (κ1) is 18.7. The first-order valence-corrected chi connectivity index (χ1v) is 9.76. The van der Waals surface area contributed by atoms with Crippen molar-refractivity contribution < 1.29 is 22.3 Å². The Morgan fingerprint density at radius 1 is 1.07 bits per heavy atom. The molecular formula is C19H17FN2O4S. The Kier molecular flexibility index (Phi) is 5.06. The molecule has 0 fully saturated rings. The molecule has 8 heteroatoms. The molecule has 0 spiro atoms. The molecular weight excluding hydrogens is 371 g/mol. The molecule has 2 aromatic rings. The second kappa shape index (κ2) is 7.29. The molecule has 6 nitrogen and oxygen atoms in total. The average molecular weight is 388 g/mol. The lowest BCUT2D eigenvalue weighted by atomic mass is 10.2. The minimum absolute atomic E-state index is 0.227. The number of hydrogen-bond donors (Lipinski definition) is 0. The standard InChI is InChI=1S/C19H17FN2O4S/c1-3-25-14-6-8-18(26-4-2)17(10-14)22-12-15(11-21)27(23,24)19-9-13(20)5-7-16(19)22/h5-10,12H,3-4H2,1-2H3. The number of rotatable bonds is 5. The number of anilines is 2. The minimum atomic E-state index is -4.10. The van der Waals surface area contributed by atoms with E-state index in [1.54, 1.807) is 24.3 Å². The summed E-state index contributed by atoms with van der Waals surface area (Å²) in [6.07, 6.45) is 1.21. The van der Waals surface area contributed by atoms with Gasteiger partial charge in [0.25, 0.3) is 0 Å². The highest BCUT2D eigenvalue weighted by Gasteiger charge is 2.33. The number of benzene rings is 2. The van der Waals surface area contributed by atoms with Gasteiger partial charge in [-0.2, -0.15) is 5.26 Å². The molecule has 0 N–H and O–H groups in total. The number of fused-ring (bicyclic) bond motifs is 1. The van der Waals surface area contributed by atoms with Crippen LogP contribution in [0.1, 0.15) is 13.8 Å². The van der Waals surface area contributed by atoms with Gasteiger partial charge in [-0.1, -0.05) is 0 Å². The van der Waals surface area contributed by atoms with Crippen LogP contribution in [-0.2, 0) is 9.84 Å². The molecule has 1 heterocycles. The minimum Gasteiger partial charge on any atom is -0.494 e. The van der Waals surface area contributed by atoms with Crippen LogP contribution in [0.4, 0.5) is 15.8 Å². The van der Waals surface area contributed by atoms with E-state index in [0.29, 0.717) is 30.4 Å². The number of nitriles is 1. The molecule has 0 amide bonds. The summed E-state index contributed by atoms with van der Waals surface area (Å²) in [7, 11) is -4.10. The smallest absolute Gasteiger partial charge is 0.220 e. The van der Waals surface area contributed by atoms with Crippen molar-refractivity contribution >= 4 is 21.2 Å². The van der Waals surface area contributed by atoms with Crippen molar-refractivity contribution in [2.75, 3.05) is 18.1 Å². The van der Waals surface area contributed by atoms with Crippen molar-refractivity contribution in [2.45, 2.75) is 18.7 Å². The van der Waals surface area contributed by atoms with Crippen molar-refractivity contribution in [1.29, 1.82) is 5.26 Å². The molecule has 0 atom stereocenters. The summed E-state index contributed by atoms with van der Waals surface area (Å²) in [5.41, 5.74) is 0.711. The van der Waals surface area contributed by atoms with Gasteiger partial charge >= 0.3 is 0 Å². The van der Waals surface area contributed by atoms with E-state index < -0.39 is 20.6 Å². The van der Waals surface area contributed by atoms with Gasteiger partial charge in [-0.05, 0) is 44.2 Å². The fourth-order valence-corrected chi connectivity index (χ4v) is 4.10. The van der Waals surface area contributed by atoms with Crippen LogP contribution in [0.2, 0.25) is 0 Å². The normalized spacial score (nSPS) is 14.7. The summed E-state index contributed by atoms with van der Waals surface area (Å²) < 4.78 is 50.1. The Labute approximate surface area is 157 Å². The maximum atomic E-state index is 13.7. The summed E-state index contributed by atoms with van der Waals surface area (Å²) in [5, 5.41) is 9.32. The van der Waals surface area contributed by atoms with Crippen LogP contribution in [0.3, 0.4) is 0 Å². The molecule has 140 valence electrons. The largest absolute Gasteiger partial charge is 0.494 e. The number of nitrogens with zero attached hydrogens (tertiary/aromatic N) is 2. The highest BCUT2D eigenvalue weighted by molar-refractivity contribution is 7.95. The van der Waals surface area contributed by atoms with E-state index in [2.05, 4.69) is 0 Å². The Balaban J connectivity index is 2.28. The fraction of sp³-hybridized carbons (Fsp3) is 0.211. The number of sulfone groups is 1. The molecule has 27 heavy (non-hydrogen) atoms. The van der Waals surface area contributed by atoms with Gasteiger partial charge in [0.1, 0.15) is 23.4 Å².